The molecule has 3 fully saturated rings. The number of ether oxygens (including phenoxy) is 5. The summed E-state index contributed by atoms with van der Waals surface area (Å²) < 4.78 is 27.8. The first-order valence-electron chi connectivity index (χ1n) is 8.71. The second-order valence-electron chi connectivity index (χ2n) is 7.17. The van der Waals surface area contributed by atoms with Gasteiger partial charge in [-0.15, -0.1) is 0 Å². The highest BCUT2D eigenvalue weighted by atomic mass is 16.8. The monoisotopic (exact) mass is 365 g/mol. The van der Waals surface area contributed by atoms with Crippen molar-refractivity contribution in [2.45, 2.75) is 63.0 Å². The molecule has 1 amide bonds. The minimum absolute atomic E-state index is 0.189. The van der Waals surface area contributed by atoms with Gasteiger partial charge in [0.1, 0.15) is 31.0 Å². The first-order chi connectivity index (χ1) is 12.4. The molecule has 3 aliphatic heterocycles. The number of amides is 1. The number of aliphatic hydroxyl groups is 1. The molecule has 0 aliphatic carbocycles. The Hall–Kier alpha value is -1.71. The maximum Gasteiger partial charge on any atom is 0.407 e. The van der Waals surface area contributed by atoms with Gasteiger partial charge in [-0.1, -0.05) is 30.3 Å². The summed E-state index contributed by atoms with van der Waals surface area (Å²) in [6, 6.07) is 9.12. The molecule has 8 heteroatoms. The molecule has 0 unspecified atom stereocenters. The molecule has 0 aromatic heterocycles. The number of fused-ring (bicyclic) bond motifs is 1. The van der Waals surface area contributed by atoms with E-state index in [-0.39, 0.29) is 12.6 Å². The average molecular weight is 365 g/mol. The molecule has 0 radical (unpaired) electrons. The van der Waals surface area contributed by atoms with E-state index in [1.54, 1.807) is 13.8 Å². The number of benzene rings is 1. The molecule has 142 valence electrons. The Morgan fingerprint density at radius 3 is 2.65 bits per heavy atom. The molecular formula is C18H23NO7. The van der Waals surface area contributed by atoms with Gasteiger partial charge in [-0.2, -0.15) is 0 Å². The van der Waals surface area contributed by atoms with E-state index in [4.69, 9.17) is 23.7 Å². The van der Waals surface area contributed by atoms with E-state index in [0.29, 0.717) is 6.61 Å². The zero-order chi connectivity index (χ0) is 18.3. The molecule has 26 heavy (non-hydrogen) atoms. The molecule has 3 aliphatic rings. The van der Waals surface area contributed by atoms with Crippen LogP contribution >= 0.6 is 0 Å². The molecule has 3 heterocycles. The van der Waals surface area contributed by atoms with Crippen molar-refractivity contribution in [2.75, 3.05) is 6.61 Å². The summed E-state index contributed by atoms with van der Waals surface area (Å²) >= 11 is 0. The number of nitrogens with one attached hydrogen (secondary N) is 1. The first-order valence-corrected chi connectivity index (χ1v) is 8.71. The molecule has 0 bridgehead atoms. The number of hydrogen-bond acceptors (Lipinski definition) is 7. The summed E-state index contributed by atoms with van der Waals surface area (Å²) in [5.41, 5.74) is 0.906. The van der Waals surface area contributed by atoms with E-state index in [2.05, 4.69) is 5.32 Å². The minimum atomic E-state index is -0.892. The maximum absolute atomic E-state index is 12.0. The molecular weight excluding hydrogens is 342 g/mol. The molecule has 4 rings (SSSR count). The minimum Gasteiger partial charge on any atom is -0.445 e. The largest absolute Gasteiger partial charge is 0.445 e. The highest BCUT2D eigenvalue weighted by Crippen LogP contribution is 2.40. The standard InChI is InChI=1S/C18H23NO7/c1-18(2)25-15-12(20)14(24-16(15)26-18)13-11(9-22-13)19-17(21)23-8-10-6-4-3-5-7-10/h3-7,11-16,20H,8-9H2,1-2H3,(H,19,21)/t11-,12+,13+,14+,15-,16-/m1/s1. The number of aliphatic hydroxyl groups excluding tert-OH is 1. The third-order valence-electron chi connectivity index (χ3n) is 4.76. The smallest absolute Gasteiger partial charge is 0.407 e. The van der Waals surface area contributed by atoms with Crippen LogP contribution in [0.5, 0.6) is 0 Å². The van der Waals surface area contributed by atoms with E-state index in [0.717, 1.165) is 5.56 Å². The van der Waals surface area contributed by atoms with E-state index < -0.39 is 42.6 Å². The van der Waals surface area contributed by atoms with E-state index in [1.165, 1.54) is 0 Å². The second kappa shape index (κ2) is 6.79. The lowest BCUT2D eigenvalue weighted by atomic mass is 9.96. The lowest BCUT2D eigenvalue weighted by molar-refractivity contribution is -0.246. The first kappa shape index (κ1) is 17.7. The SMILES string of the molecule is CC1(C)O[C@H]2O[C@H]([C@H]3OC[C@H]3NC(=O)OCc3ccccc3)[C@H](O)[C@H]2O1. The molecule has 1 aromatic rings. The van der Waals surface area contributed by atoms with Gasteiger partial charge in [0.2, 0.25) is 0 Å². The lowest BCUT2D eigenvalue weighted by Crippen LogP contribution is -2.62. The Balaban J connectivity index is 1.28. The number of carbonyl (C=O) groups is 1. The molecule has 2 N–H and O–H groups in total. The van der Waals surface area contributed by atoms with Crippen molar-refractivity contribution in [3.05, 3.63) is 35.9 Å². The van der Waals surface area contributed by atoms with E-state index in [1.807, 2.05) is 30.3 Å². The summed E-state index contributed by atoms with van der Waals surface area (Å²) in [5, 5.41) is 13.2. The number of alkyl carbamates (subject to hydrolysis) is 1. The van der Waals surface area contributed by atoms with Gasteiger partial charge >= 0.3 is 6.09 Å². The highest BCUT2D eigenvalue weighted by Gasteiger charge is 2.58. The van der Waals surface area contributed by atoms with Crippen molar-refractivity contribution >= 4 is 6.09 Å². The van der Waals surface area contributed by atoms with Crippen LogP contribution in [0.3, 0.4) is 0 Å². The average Bonchev–Trinajstić information content (AvgIpc) is 3.04. The van der Waals surface area contributed by atoms with Gasteiger partial charge in [0, 0.05) is 0 Å². The van der Waals surface area contributed by atoms with Crippen molar-refractivity contribution in [2.24, 2.45) is 0 Å². The number of carbonyl (C=O) groups excluding carboxylic acids is 1. The van der Waals surface area contributed by atoms with Gasteiger partial charge < -0.3 is 34.1 Å². The number of hydrogen-bond donors (Lipinski definition) is 2. The fourth-order valence-electron chi connectivity index (χ4n) is 3.46. The van der Waals surface area contributed by atoms with Crippen molar-refractivity contribution in [3.63, 3.8) is 0 Å². The van der Waals surface area contributed by atoms with Crippen LogP contribution in [-0.4, -0.2) is 60.3 Å². The van der Waals surface area contributed by atoms with Crippen LogP contribution in [0.1, 0.15) is 19.4 Å². The normalized spacial score (nSPS) is 37.7. The van der Waals surface area contributed by atoms with Gasteiger partial charge in [-0.25, -0.2) is 4.79 Å². The molecule has 0 spiro atoms. The summed E-state index contributed by atoms with van der Waals surface area (Å²) in [6.07, 6.45) is -3.74. The van der Waals surface area contributed by atoms with Crippen molar-refractivity contribution in [1.82, 2.24) is 5.32 Å². The summed E-state index contributed by atoms with van der Waals surface area (Å²) in [7, 11) is 0. The van der Waals surface area contributed by atoms with Crippen LogP contribution < -0.4 is 5.32 Å². The predicted octanol–water partition coefficient (Wildman–Crippen LogP) is 0.917. The zero-order valence-electron chi connectivity index (χ0n) is 14.7. The van der Waals surface area contributed by atoms with E-state index in [9.17, 15) is 9.90 Å². The highest BCUT2D eigenvalue weighted by molar-refractivity contribution is 5.67. The summed E-state index contributed by atoms with van der Waals surface area (Å²) in [4.78, 5) is 12.0. The zero-order valence-corrected chi connectivity index (χ0v) is 14.7. The Bertz CT molecular complexity index is 652. The molecule has 1 aromatic carbocycles. The predicted molar refractivity (Wildman–Crippen MR) is 88.0 cm³/mol. The third-order valence-corrected chi connectivity index (χ3v) is 4.76. The van der Waals surface area contributed by atoms with Gasteiger partial charge in [0.05, 0.1) is 12.6 Å². The Morgan fingerprint density at radius 1 is 1.23 bits per heavy atom. The van der Waals surface area contributed by atoms with Gasteiger partial charge in [-0.05, 0) is 19.4 Å². The van der Waals surface area contributed by atoms with Crippen LogP contribution in [0.4, 0.5) is 4.79 Å². The van der Waals surface area contributed by atoms with Crippen LogP contribution in [0, 0.1) is 0 Å². The maximum atomic E-state index is 12.0. The Labute approximate surface area is 151 Å². The fourth-order valence-corrected chi connectivity index (χ4v) is 3.46. The molecule has 6 atom stereocenters. The Kier molecular flexibility index (Phi) is 4.62. The van der Waals surface area contributed by atoms with Gasteiger partial charge in [0.25, 0.3) is 0 Å². The van der Waals surface area contributed by atoms with Crippen LogP contribution in [0.25, 0.3) is 0 Å². The van der Waals surface area contributed by atoms with Crippen LogP contribution in [-0.2, 0) is 30.3 Å². The van der Waals surface area contributed by atoms with Crippen LogP contribution in [0.2, 0.25) is 0 Å². The second-order valence-corrected chi connectivity index (χ2v) is 7.17. The van der Waals surface area contributed by atoms with Crippen molar-refractivity contribution < 1.29 is 33.6 Å². The summed E-state index contributed by atoms with van der Waals surface area (Å²) in [6.45, 7) is 4.06. The quantitative estimate of drug-likeness (QED) is 0.819. The molecule has 8 nitrogen and oxygen atoms in total. The fraction of sp³-hybridized carbons (Fsp3) is 0.611. The van der Waals surface area contributed by atoms with Crippen LogP contribution in [0.15, 0.2) is 30.3 Å². The van der Waals surface area contributed by atoms with Gasteiger partial charge in [0.15, 0.2) is 12.1 Å². The lowest BCUT2D eigenvalue weighted by Gasteiger charge is -2.41. The molecule has 3 saturated heterocycles. The number of rotatable bonds is 4. The third kappa shape index (κ3) is 3.43. The molecule has 0 saturated carbocycles. The van der Waals surface area contributed by atoms with Crippen molar-refractivity contribution in [3.8, 4) is 0 Å². The topological polar surface area (TPSA) is 95.5 Å². The Morgan fingerprint density at radius 2 is 2.00 bits per heavy atom. The summed E-state index contributed by atoms with van der Waals surface area (Å²) in [5.74, 6) is -0.791. The van der Waals surface area contributed by atoms with E-state index >= 15 is 0 Å². The van der Waals surface area contributed by atoms with Gasteiger partial charge in [-0.3, -0.25) is 0 Å². The van der Waals surface area contributed by atoms with Crippen molar-refractivity contribution in [1.29, 1.82) is 0 Å².